The Balaban J connectivity index is 1.67. The molecule has 1 aromatic heterocycles. The Morgan fingerprint density at radius 1 is 1.15 bits per heavy atom. The molecule has 0 aliphatic rings. The summed E-state index contributed by atoms with van der Waals surface area (Å²) < 4.78 is 5.57. The van der Waals surface area contributed by atoms with Crippen LogP contribution in [0.25, 0.3) is 0 Å². The molecule has 0 saturated heterocycles. The summed E-state index contributed by atoms with van der Waals surface area (Å²) in [5.41, 5.74) is 2.49. The second kappa shape index (κ2) is 7.40. The van der Waals surface area contributed by atoms with E-state index in [1.54, 1.807) is 30.5 Å². The third kappa shape index (κ3) is 4.48. The normalized spacial score (nSPS) is 10.4. The lowest BCUT2D eigenvalue weighted by Crippen LogP contribution is -1.99. The number of rotatable bonds is 7. The third-order valence-corrected chi connectivity index (χ3v) is 2.95. The maximum atomic E-state index is 10.7. The molecule has 1 N–H and O–H groups in total. The van der Waals surface area contributed by atoms with E-state index in [2.05, 4.69) is 11.1 Å². The molecule has 4 heteroatoms. The van der Waals surface area contributed by atoms with Crippen molar-refractivity contribution in [2.24, 2.45) is 0 Å². The Labute approximate surface area is 118 Å². The summed E-state index contributed by atoms with van der Waals surface area (Å²) >= 11 is 0. The number of hydrogen-bond acceptors (Lipinski definition) is 3. The lowest BCUT2D eigenvalue weighted by Gasteiger charge is -2.05. The van der Waals surface area contributed by atoms with E-state index in [9.17, 15) is 4.79 Å². The predicted octanol–water partition coefficient (Wildman–Crippen LogP) is 2.93. The summed E-state index contributed by atoms with van der Waals surface area (Å²) in [6.07, 6.45) is 5.52. The highest BCUT2D eigenvalue weighted by molar-refractivity contribution is 5.87. The highest BCUT2D eigenvalue weighted by Crippen LogP contribution is 2.07. The van der Waals surface area contributed by atoms with E-state index in [4.69, 9.17) is 9.84 Å². The number of hydrogen-bond donors (Lipinski definition) is 1. The highest BCUT2D eigenvalue weighted by atomic mass is 16.5. The van der Waals surface area contributed by atoms with Gasteiger partial charge in [0.2, 0.25) is 0 Å². The first-order chi connectivity index (χ1) is 9.75. The van der Waals surface area contributed by atoms with Gasteiger partial charge in [0.1, 0.15) is 0 Å². The molecule has 4 nitrogen and oxygen atoms in total. The number of carbonyl (C=O) groups is 1. The zero-order valence-corrected chi connectivity index (χ0v) is 11.2. The second-order valence-corrected chi connectivity index (χ2v) is 4.52. The first-order valence-corrected chi connectivity index (χ1v) is 6.54. The van der Waals surface area contributed by atoms with Gasteiger partial charge in [0.25, 0.3) is 0 Å². The summed E-state index contributed by atoms with van der Waals surface area (Å²) in [5, 5.41) is 8.79. The van der Waals surface area contributed by atoms with E-state index in [-0.39, 0.29) is 0 Å². The quantitative estimate of drug-likeness (QED) is 0.787. The summed E-state index contributed by atoms with van der Waals surface area (Å²) in [6.45, 7) is 1.18. The number of benzene rings is 1. The van der Waals surface area contributed by atoms with Crippen molar-refractivity contribution in [3.63, 3.8) is 0 Å². The molecule has 1 aromatic carbocycles. The molecule has 0 atom stereocenters. The average Bonchev–Trinajstić information content (AvgIpc) is 2.48. The minimum absolute atomic E-state index is 0.297. The predicted molar refractivity (Wildman–Crippen MR) is 75.6 cm³/mol. The SMILES string of the molecule is O=C(O)c1ccc(COCCCc2cccnc2)cc1. The van der Waals surface area contributed by atoms with E-state index in [1.165, 1.54) is 5.56 Å². The van der Waals surface area contributed by atoms with Crippen molar-refractivity contribution in [1.82, 2.24) is 4.98 Å². The number of carboxylic acids is 1. The number of aryl methyl sites for hydroxylation is 1. The topological polar surface area (TPSA) is 59.4 Å². The standard InChI is InChI=1S/C16H17NO3/c18-16(19)15-7-5-14(6-8-15)12-20-10-2-4-13-3-1-9-17-11-13/h1,3,5-9,11H,2,4,10,12H2,(H,18,19). The van der Waals surface area contributed by atoms with E-state index >= 15 is 0 Å². The van der Waals surface area contributed by atoms with Crippen LogP contribution >= 0.6 is 0 Å². The molecule has 1 heterocycles. The molecule has 0 aliphatic heterocycles. The molecule has 2 aromatic rings. The van der Waals surface area contributed by atoms with Crippen molar-refractivity contribution in [2.45, 2.75) is 19.4 Å². The van der Waals surface area contributed by atoms with E-state index < -0.39 is 5.97 Å². The Bertz CT molecular complexity index is 537. The molecule has 104 valence electrons. The molecule has 0 radical (unpaired) electrons. The second-order valence-electron chi connectivity index (χ2n) is 4.52. The van der Waals surface area contributed by atoms with Crippen molar-refractivity contribution in [1.29, 1.82) is 0 Å². The smallest absolute Gasteiger partial charge is 0.335 e. The monoisotopic (exact) mass is 271 g/mol. The van der Waals surface area contributed by atoms with Gasteiger partial charge in [-0.1, -0.05) is 18.2 Å². The van der Waals surface area contributed by atoms with Crippen LogP contribution in [-0.2, 0) is 17.8 Å². The van der Waals surface area contributed by atoms with Gasteiger partial charge < -0.3 is 9.84 Å². The zero-order valence-electron chi connectivity index (χ0n) is 11.2. The van der Waals surface area contributed by atoms with Crippen LogP contribution in [-0.4, -0.2) is 22.7 Å². The lowest BCUT2D eigenvalue weighted by molar-refractivity contribution is 0.0696. The van der Waals surface area contributed by atoms with Crippen LogP contribution in [0.1, 0.15) is 27.9 Å². The lowest BCUT2D eigenvalue weighted by atomic mass is 10.1. The van der Waals surface area contributed by atoms with Crippen molar-refractivity contribution in [2.75, 3.05) is 6.61 Å². The van der Waals surface area contributed by atoms with Gasteiger partial charge >= 0.3 is 5.97 Å². The van der Waals surface area contributed by atoms with Crippen LogP contribution in [0.3, 0.4) is 0 Å². The summed E-state index contributed by atoms with van der Waals surface area (Å²) in [4.78, 5) is 14.8. The van der Waals surface area contributed by atoms with E-state index in [0.717, 1.165) is 18.4 Å². The first-order valence-electron chi connectivity index (χ1n) is 6.54. The van der Waals surface area contributed by atoms with Crippen LogP contribution in [0, 0.1) is 0 Å². The molecule has 0 unspecified atom stereocenters. The molecular formula is C16H17NO3. The fourth-order valence-electron chi connectivity index (χ4n) is 1.86. The minimum Gasteiger partial charge on any atom is -0.478 e. The van der Waals surface area contributed by atoms with Crippen molar-refractivity contribution < 1.29 is 14.6 Å². The summed E-state index contributed by atoms with van der Waals surface area (Å²) in [6, 6.07) is 10.7. The molecule has 0 aliphatic carbocycles. The highest BCUT2D eigenvalue weighted by Gasteiger charge is 2.01. The van der Waals surface area contributed by atoms with Crippen LogP contribution in [0.4, 0.5) is 0 Å². The van der Waals surface area contributed by atoms with Gasteiger partial charge in [0, 0.05) is 19.0 Å². The molecule has 0 amide bonds. The van der Waals surface area contributed by atoms with Gasteiger partial charge in [0.05, 0.1) is 12.2 Å². The summed E-state index contributed by atoms with van der Waals surface area (Å²) in [5.74, 6) is -0.908. The zero-order chi connectivity index (χ0) is 14.2. The largest absolute Gasteiger partial charge is 0.478 e. The number of carboxylic acid groups (broad SMARTS) is 1. The molecule has 0 fully saturated rings. The number of ether oxygens (including phenoxy) is 1. The molecule has 0 saturated carbocycles. The van der Waals surface area contributed by atoms with Gasteiger partial charge in [-0.05, 0) is 42.2 Å². The molecular weight excluding hydrogens is 254 g/mol. The Hall–Kier alpha value is -2.20. The minimum atomic E-state index is -0.908. The third-order valence-electron chi connectivity index (χ3n) is 2.95. The maximum Gasteiger partial charge on any atom is 0.335 e. The number of aromatic nitrogens is 1. The van der Waals surface area contributed by atoms with Crippen LogP contribution in [0.5, 0.6) is 0 Å². The van der Waals surface area contributed by atoms with Crippen molar-refractivity contribution in [3.05, 3.63) is 65.5 Å². The Morgan fingerprint density at radius 3 is 2.60 bits per heavy atom. The Kier molecular flexibility index (Phi) is 5.26. The maximum absolute atomic E-state index is 10.7. The molecule has 0 bridgehead atoms. The average molecular weight is 271 g/mol. The van der Waals surface area contributed by atoms with Crippen molar-refractivity contribution in [3.8, 4) is 0 Å². The number of nitrogens with zero attached hydrogens (tertiary/aromatic N) is 1. The molecule has 2 rings (SSSR count). The molecule has 20 heavy (non-hydrogen) atoms. The van der Waals surface area contributed by atoms with Gasteiger partial charge in [-0.15, -0.1) is 0 Å². The van der Waals surface area contributed by atoms with Crippen LogP contribution in [0.2, 0.25) is 0 Å². The van der Waals surface area contributed by atoms with E-state index in [0.29, 0.717) is 18.8 Å². The van der Waals surface area contributed by atoms with Gasteiger partial charge in [-0.2, -0.15) is 0 Å². The fraction of sp³-hybridized carbons (Fsp3) is 0.250. The number of aromatic carboxylic acids is 1. The number of pyridine rings is 1. The van der Waals surface area contributed by atoms with Gasteiger partial charge in [-0.25, -0.2) is 4.79 Å². The summed E-state index contributed by atoms with van der Waals surface area (Å²) in [7, 11) is 0. The Morgan fingerprint density at radius 2 is 1.95 bits per heavy atom. The van der Waals surface area contributed by atoms with Gasteiger partial charge in [-0.3, -0.25) is 4.98 Å². The first kappa shape index (κ1) is 14.2. The van der Waals surface area contributed by atoms with Crippen LogP contribution in [0.15, 0.2) is 48.8 Å². The molecule has 0 spiro atoms. The van der Waals surface area contributed by atoms with Crippen molar-refractivity contribution >= 4 is 5.97 Å². The van der Waals surface area contributed by atoms with Crippen LogP contribution < -0.4 is 0 Å². The van der Waals surface area contributed by atoms with E-state index in [1.807, 2.05) is 12.3 Å². The van der Waals surface area contributed by atoms with Gasteiger partial charge in [0.15, 0.2) is 0 Å². The fourth-order valence-corrected chi connectivity index (χ4v) is 1.86.